The van der Waals surface area contributed by atoms with Crippen LogP contribution in [-0.4, -0.2) is 26.8 Å². The summed E-state index contributed by atoms with van der Waals surface area (Å²) in [6.07, 6.45) is 4.73. The predicted molar refractivity (Wildman–Crippen MR) is 132 cm³/mol. The molecular weight excluding hydrogens is 443 g/mol. The van der Waals surface area contributed by atoms with Gasteiger partial charge in [-0.2, -0.15) is 0 Å². The number of benzene rings is 4. The van der Waals surface area contributed by atoms with Gasteiger partial charge in [-0.15, -0.1) is 0 Å². The molecule has 5 nitrogen and oxygen atoms in total. The Labute approximate surface area is 200 Å². The Bertz CT molecular complexity index is 1550. The van der Waals surface area contributed by atoms with E-state index >= 15 is 0 Å². The molecule has 0 fully saturated rings. The number of halogens is 1. The summed E-state index contributed by atoms with van der Waals surface area (Å²) < 4.78 is 13.4. The molecule has 5 aromatic rings. The molecule has 0 saturated heterocycles. The third-order valence-corrected chi connectivity index (χ3v) is 6.31. The van der Waals surface area contributed by atoms with Gasteiger partial charge in [-0.3, -0.25) is 4.79 Å². The maximum absolute atomic E-state index is 13.4. The minimum absolute atomic E-state index is 0.0169. The van der Waals surface area contributed by atoms with Crippen LogP contribution < -0.4 is 0 Å². The van der Waals surface area contributed by atoms with Crippen LogP contribution in [0, 0.1) is 5.82 Å². The molecule has 0 spiro atoms. The number of aromatic nitrogens is 2. The number of ketones is 1. The molecule has 0 amide bonds. The fourth-order valence-corrected chi connectivity index (χ4v) is 4.73. The molecule has 6 heteroatoms. The van der Waals surface area contributed by atoms with Crippen molar-refractivity contribution in [3.63, 3.8) is 0 Å². The van der Waals surface area contributed by atoms with Gasteiger partial charge in [0.2, 0.25) is 0 Å². The molecule has 172 valence electrons. The topological polar surface area (TPSA) is 80.2 Å². The van der Waals surface area contributed by atoms with E-state index in [4.69, 9.17) is 5.11 Å². The van der Waals surface area contributed by atoms with Crippen molar-refractivity contribution in [1.29, 1.82) is 0 Å². The summed E-state index contributed by atoms with van der Waals surface area (Å²) in [5.41, 5.74) is 3.43. The Kier molecular flexibility index (Phi) is 6.02. The maximum Gasteiger partial charge on any atom is 0.338 e. The quantitative estimate of drug-likeness (QED) is 0.326. The highest BCUT2D eigenvalue weighted by Gasteiger charge is 2.28. The van der Waals surface area contributed by atoms with E-state index in [0.29, 0.717) is 12.8 Å². The molecular formula is C29H21FN2O3. The lowest BCUT2D eigenvalue weighted by Crippen LogP contribution is -2.19. The molecule has 1 aliphatic rings. The fraction of sp³-hybridized carbons (Fsp3) is 0.103. The molecule has 1 N–H and O–H groups in total. The normalized spacial score (nSPS) is 14.8. The van der Waals surface area contributed by atoms with Crippen LogP contribution in [0.5, 0.6) is 0 Å². The SMILES string of the molecule is O=C(O)c1cncnc1.O=C1Cc2ccc3c(ccc4ccccc43)c2[C@H](c2ccc(F)cc2)C1. The van der Waals surface area contributed by atoms with Gasteiger partial charge in [0.25, 0.3) is 0 Å². The highest BCUT2D eigenvalue weighted by atomic mass is 19.1. The maximum atomic E-state index is 13.4. The van der Waals surface area contributed by atoms with Crippen LogP contribution in [0.2, 0.25) is 0 Å². The first-order chi connectivity index (χ1) is 17.0. The summed E-state index contributed by atoms with van der Waals surface area (Å²) in [6, 6.07) is 23.5. The average molecular weight is 464 g/mol. The van der Waals surface area contributed by atoms with Gasteiger partial charge >= 0.3 is 5.97 Å². The zero-order valence-electron chi connectivity index (χ0n) is 18.7. The number of rotatable bonds is 2. The van der Waals surface area contributed by atoms with Crippen LogP contribution in [0.3, 0.4) is 0 Å². The lowest BCUT2D eigenvalue weighted by molar-refractivity contribution is -0.119. The minimum atomic E-state index is -1.00. The molecule has 0 saturated carbocycles. The Hall–Kier alpha value is -4.45. The lowest BCUT2D eigenvalue weighted by atomic mass is 9.76. The van der Waals surface area contributed by atoms with Crippen molar-refractivity contribution in [2.24, 2.45) is 0 Å². The van der Waals surface area contributed by atoms with Crippen LogP contribution in [0.4, 0.5) is 4.39 Å². The summed E-state index contributed by atoms with van der Waals surface area (Å²) in [6.45, 7) is 0. The summed E-state index contributed by atoms with van der Waals surface area (Å²) in [4.78, 5) is 29.5. The van der Waals surface area contributed by atoms with Crippen molar-refractivity contribution in [2.45, 2.75) is 18.8 Å². The van der Waals surface area contributed by atoms with Crippen LogP contribution in [-0.2, 0) is 11.2 Å². The fourth-order valence-electron chi connectivity index (χ4n) is 4.73. The summed E-state index contributed by atoms with van der Waals surface area (Å²) in [5.74, 6) is -1.03. The number of aromatic carboxylic acids is 1. The molecule has 0 unspecified atom stereocenters. The molecule has 1 aliphatic carbocycles. The number of nitrogens with zero attached hydrogens (tertiary/aromatic N) is 2. The molecule has 1 aromatic heterocycles. The number of Topliss-reactive ketones (excluding diaryl/α,β-unsaturated/α-hetero) is 1. The zero-order chi connectivity index (χ0) is 24.4. The van der Waals surface area contributed by atoms with E-state index in [9.17, 15) is 14.0 Å². The monoisotopic (exact) mass is 464 g/mol. The Morgan fingerprint density at radius 3 is 2.29 bits per heavy atom. The summed E-state index contributed by atoms with van der Waals surface area (Å²) in [5, 5.41) is 13.2. The largest absolute Gasteiger partial charge is 0.478 e. The second-order valence-corrected chi connectivity index (χ2v) is 8.48. The molecule has 35 heavy (non-hydrogen) atoms. The number of carbonyl (C=O) groups is 2. The lowest BCUT2D eigenvalue weighted by Gasteiger charge is -2.27. The molecule has 1 heterocycles. The summed E-state index contributed by atoms with van der Waals surface area (Å²) in [7, 11) is 0. The second-order valence-electron chi connectivity index (χ2n) is 8.48. The van der Waals surface area contributed by atoms with Gasteiger partial charge in [0.1, 0.15) is 17.9 Å². The average Bonchev–Trinajstić information content (AvgIpc) is 2.89. The first-order valence-corrected chi connectivity index (χ1v) is 11.2. The Morgan fingerprint density at radius 2 is 1.57 bits per heavy atom. The number of fused-ring (bicyclic) bond motifs is 5. The number of carboxylic acids is 1. The molecule has 0 bridgehead atoms. The van der Waals surface area contributed by atoms with E-state index in [0.717, 1.165) is 11.1 Å². The second kappa shape index (κ2) is 9.43. The van der Waals surface area contributed by atoms with Gasteiger partial charge in [-0.1, -0.05) is 60.7 Å². The molecule has 0 aliphatic heterocycles. The number of hydrogen-bond acceptors (Lipinski definition) is 4. The van der Waals surface area contributed by atoms with Crippen LogP contribution >= 0.6 is 0 Å². The number of carbonyl (C=O) groups excluding carboxylic acids is 1. The van der Waals surface area contributed by atoms with Crippen LogP contribution in [0.1, 0.15) is 39.4 Å². The number of hydrogen-bond donors (Lipinski definition) is 1. The van der Waals surface area contributed by atoms with E-state index in [1.165, 1.54) is 58.0 Å². The minimum Gasteiger partial charge on any atom is -0.478 e. The van der Waals surface area contributed by atoms with E-state index < -0.39 is 5.97 Å². The van der Waals surface area contributed by atoms with Crippen LogP contribution in [0.15, 0.2) is 91.5 Å². The van der Waals surface area contributed by atoms with Crippen molar-refractivity contribution < 1.29 is 19.1 Å². The molecule has 4 aromatic carbocycles. The highest BCUT2D eigenvalue weighted by molar-refractivity contribution is 6.09. The van der Waals surface area contributed by atoms with Crippen molar-refractivity contribution >= 4 is 33.3 Å². The summed E-state index contributed by atoms with van der Waals surface area (Å²) >= 11 is 0. The zero-order valence-corrected chi connectivity index (χ0v) is 18.7. The van der Waals surface area contributed by atoms with Gasteiger partial charge in [0.05, 0.1) is 5.56 Å². The van der Waals surface area contributed by atoms with E-state index in [-0.39, 0.29) is 23.1 Å². The molecule has 1 atom stereocenters. The number of carboxylic acid groups (broad SMARTS) is 1. The first kappa shape index (κ1) is 22.3. The van der Waals surface area contributed by atoms with E-state index in [1.54, 1.807) is 0 Å². The van der Waals surface area contributed by atoms with Gasteiger partial charge in [-0.05, 0) is 50.4 Å². The van der Waals surface area contributed by atoms with Crippen molar-refractivity contribution in [1.82, 2.24) is 9.97 Å². The van der Waals surface area contributed by atoms with Crippen molar-refractivity contribution in [3.8, 4) is 0 Å². The molecule has 0 radical (unpaired) electrons. The Morgan fingerprint density at radius 1 is 0.857 bits per heavy atom. The van der Waals surface area contributed by atoms with Crippen molar-refractivity contribution in [2.75, 3.05) is 0 Å². The highest BCUT2D eigenvalue weighted by Crippen LogP contribution is 2.41. The van der Waals surface area contributed by atoms with Gasteiger partial charge in [-0.25, -0.2) is 19.2 Å². The van der Waals surface area contributed by atoms with Crippen molar-refractivity contribution in [3.05, 3.63) is 120 Å². The first-order valence-electron chi connectivity index (χ1n) is 11.2. The van der Waals surface area contributed by atoms with E-state index in [1.807, 2.05) is 18.2 Å². The van der Waals surface area contributed by atoms with Gasteiger partial charge in [0, 0.05) is 31.2 Å². The smallest absolute Gasteiger partial charge is 0.338 e. The third kappa shape index (κ3) is 4.51. The Balaban J connectivity index is 0.000000239. The molecule has 6 rings (SSSR count). The van der Waals surface area contributed by atoms with E-state index in [2.05, 4.69) is 52.4 Å². The van der Waals surface area contributed by atoms with Gasteiger partial charge in [0.15, 0.2) is 0 Å². The predicted octanol–water partition coefficient (Wildman–Crippen LogP) is 5.95. The van der Waals surface area contributed by atoms with Gasteiger partial charge < -0.3 is 5.11 Å². The van der Waals surface area contributed by atoms with Crippen LogP contribution in [0.25, 0.3) is 21.5 Å². The standard InChI is InChI=1S/C24H17FO.C5H4N2O2/c25-18-9-5-16(6-10-18)23-14-19(26)13-17-8-11-21-20-4-2-1-3-15(20)7-12-22(21)24(17)23;8-5(9)4-1-6-3-7-2-4/h1-12,23H,13-14H2;1-3H,(H,8,9)/t23-;/m0./s1. The third-order valence-electron chi connectivity index (χ3n) is 6.31.